The highest BCUT2D eigenvalue weighted by Gasteiger charge is 2.25. The molecule has 0 fully saturated rings. The summed E-state index contributed by atoms with van der Waals surface area (Å²) in [5.74, 6) is 0.575. The minimum Gasteiger partial charge on any atom is -0.495 e. The standard InChI is InChI=1S/C30H47N3O5S2/c1-5-19-33(27-13-12-25-23-30(38-2)29(22-26(25)21-27)32-40(4,36)37)20-9-7-6-8-17-31-18-16-24-10-14-28(15-11-24)39(3,34)35/h10-11,14-15,22-23,27,31-32H,5-9,12-13,16-21H2,1-4H3. The first kappa shape index (κ1) is 32.4. The number of nitrogens with one attached hydrogen (secondary N) is 2. The molecule has 0 aliphatic heterocycles. The van der Waals surface area contributed by atoms with Crippen molar-refractivity contribution in [3.05, 3.63) is 53.1 Å². The van der Waals surface area contributed by atoms with E-state index in [1.807, 2.05) is 24.3 Å². The van der Waals surface area contributed by atoms with E-state index >= 15 is 0 Å². The zero-order valence-corrected chi connectivity index (χ0v) is 26.2. The number of methoxy groups -OCH3 is 1. The number of sulfonamides is 1. The number of fused-ring (bicyclic) bond motifs is 1. The van der Waals surface area contributed by atoms with Gasteiger partial charge in [0.2, 0.25) is 10.0 Å². The number of sulfone groups is 1. The Kier molecular flexibility index (Phi) is 12.3. The quantitative estimate of drug-likeness (QED) is 0.262. The van der Waals surface area contributed by atoms with Crippen LogP contribution in [0.3, 0.4) is 0 Å². The molecule has 1 aliphatic rings. The normalized spacial score (nSPS) is 15.7. The van der Waals surface area contributed by atoms with Crippen molar-refractivity contribution < 1.29 is 21.6 Å². The van der Waals surface area contributed by atoms with Gasteiger partial charge in [-0.3, -0.25) is 4.72 Å². The van der Waals surface area contributed by atoms with Crippen LogP contribution in [0.5, 0.6) is 5.75 Å². The first-order valence-electron chi connectivity index (χ1n) is 14.4. The lowest BCUT2D eigenvalue weighted by molar-refractivity contribution is 0.176. The predicted molar refractivity (Wildman–Crippen MR) is 164 cm³/mol. The highest BCUT2D eigenvalue weighted by molar-refractivity contribution is 7.92. The molecule has 2 aromatic carbocycles. The Labute approximate surface area is 241 Å². The van der Waals surface area contributed by atoms with Gasteiger partial charge in [0, 0.05) is 12.3 Å². The van der Waals surface area contributed by atoms with Crippen LogP contribution in [0.15, 0.2) is 41.3 Å². The van der Waals surface area contributed by atoms with Crippen LogP contribution < -0.4 is 14.8 Å². The molecule has 0 amide bonds. The summed E-state index contributed by atoms with van der Waals surface area (Å²) in [4.78, 5) is 3.00. The van der Waals surface area contributed by atoms with Crippen molar-refractivity contribution in [2.75, 3.05) is 50.5 Å². The number of rotatable bonds is 17. The molecule has 0 saturated heterocycles. The zero-order valence-electron chi connectivity index (χ0n) is 24.5. The molecule has 8 nitrogen and oxygen atoms in total. The maximum absolute atomic E-state index is 11.8. The van der Waals surface area contributed by atoms with E-state index in [2.05, 4.69) is 21.9 Å². The molecule has 1 aliphatic carbocycles. The third-order valence-corrected chi connectivity index (χ3v) is 9.26. The highest BCUT2D eigenvalue weighted by atomic mass is 32.2. The Morgan fingerprint density at radius 2 is 1.65 bits per heavy atom. The molecule has 0 aromatic heterocycles. The molecular weight excluding hydrogens is 546 g/mol. The summed E-state index contributed by atoms with van der Waals surface area (Å²) in [6.07, 6.45) is 12.1. The fourth-order valence-corrected chi connectivity index (χ4v) is 6.66. The van der Waals surface area contributed by atoms with Crippen LogP contribution >= 0.6 is 0 Å². The Bertz CT molecular complexity index is 1300. The summed E-state index contributed by atoms with van der Waals surface area (Å²) in [6.45, 7) is 6.28. The molecule has 0 radical (unpaired) electrons. The summed E-state index contributed by atoms with van der Waals surface area (Å²) in [6, 6.07) is 11.6. The van der Waals surface area contributed by atoms with Gasteiger partial charge in [-0.15, -0.1) is 0 Å². The number of hydrogen-bond donors (Lipinski definition) is 2. The summed E-state index contributed by atoms with van der Waals surface area (Å²) < 4.78 is 54.9. The van der Waals surface area contributed by atoms with Crippen molar-refractivity contribution in [3.63, 3.8) is 0 Å². The van der Waals surface area contributed by atoms with Gasteiger partial charge in [-0.1, -0.05) is 31.9 Å². The van der Waals surface area contributed by atoms with E-state index in [4.69, 9.17) is 4.74 Å². The van der Waals surface area contributed by atoms with E-state index < -0.39 is 19.9 Å². The predicted octanol–water partition coefficient (Wildman–Crippen LogP) is 4.43. The maximum atomic E-state index is 11.8. The molecule has 2 N–H and O–H groups in total. The Hall–Kier alpha value is -2.14. The van der Waals surface area contributed by atoms with Crippen molar-refractivity contribution in [1.29, 1.82) is 0 Å². The van der Waals surface area contributed by atoms with E-state index in [0.717, 1.165) is 76.5 Å². The van der Waals surface area contributed by atoms with E-state index in [1.54, 1.807) is 19.2 Å². The van der Waals surface area contributed by atoms with Gasteiger partial charge in [-0.25, -0.2) is 16.8 Å². The first-order chi connectivity index (χ1) is 19.0. The largest absolute Gasteiger partial charge is 0.495 e. The van der Waals surface area contributed by atoms with Crippen molar-refractivity contribution in [1.82, 2.24) is 10.2 Å². The number of anilines is 1. The Balaban J connectivity index is 1.38. The van der Waals surface area contributed by atoms with Crippen LogP contribution in [0.4, 0.5) is 5.69 Å². The molecule has 0 spiro atoms. The molecule has 0 bridgehead atoms. The maximum Gasteiger partial charge on any atom is 0.229 e. The first-order valence-corrected chi connectivity index (χ1v) is 18.2. The SMILES string of the molecule is CCCN(CCCCCCNCCc1ccc(S(C)(=O)=O)cc1)C1CCc2cc(OC)c(NS(C)(=O)=O)cc2C1. The van der Waals surface area contributed by atoms with E-state index in [-0.39, 0.29) is 0 Å². The molecule has 3 rings (SSSR count). The van der Waals surface area contributed by atoms with Crippen LogP contribution in [0, 0.1) is 0 Å². The fraction of sp³-hybridized carbons (Fsp3) is 0.600. The van der Waals surface area contributed by atoms with Gasteiger partial charge in [0.05, 0.1) is 23.9 Å². The van der Waals surface area contributed by atoms with Gasteiger partial charge in [-0.05, 0) is 112 Å². The summed E-state index contributed by atoms with van der Waals surface area (Å²) >= 11 is 0. The van der Waals surface area contributed by atoms with Gasteiger partial charge in [0.25, 0.3) is 0 Å². The lowest BCUT2D eigenvalue weighted by Crippen LogP contribution is -2.40. The fourth-order valence-electron chi connectivity index (χ4n) is 5.47. The topological polar surface area (TPSA) is 105 Å². The van der Waals surface area contributed by atoms with Crippen molar-refractivity contribution in [3.8, 4) is 5.75 Å². The Morgan fingerprint density at radius 3 is 2.30 bits per heavy atom. The zero-order chi connectivity index (χ0) is 29.2. The molecule has 0 saturated carbocycles. The summed E-state index contributed by atoms with van der Waals surface area (Å²) in [5.41, 5.74) is 4.12. The number of aryl methyl sites for hydroxylation is 1. The van der Waals surface area contributed by atoms with E-state index in [1.165, 1.54) is 36.6 Å². The smallest absolute Gasteiger partial charge is 0.229 e. The lowest BCUT2D eigenvalue weighted by atomic mass is 9.86. The Morgan fingerprint density at radius 1 is 0.925 bits per heavy atom. The number of hydrogen-bond acceptors (Lipinski definition) is 7. The second-order valence-electron chi connectivity index (χ2n) is 11.0. The average Bonchev–Trinajstić information content (AvgIpc) is 2.89. The van der Waals surface area contributed by atoms with Gasteiger partial charge in [-0.2, -0.15) is 0 Å². The minimum atomic E-state index is -3.38. The summed E-state index contributed by atoms with van der Waals surface area (Å²) in [5, 5.41) is 3.51. The van der Waals surface area contributed by atoms with Gasteiger partial charge in [0.15, 0.2) is 9.84 Å². The minimum absolute atomic E-state index is 0.367. The van der Waals surface area contributed by atoms with Crippen molar-refractivity contribution in [2.45, 2.75) is 75.6 Å². The van der Waals surface area contributed by atoms with E-state index in [9.17, 15) is 16.8 Å². The second-order valence-corrected chi connectivity index (χ2v) is 14.7. The molecule has 40 heavy (non-hydrogen) atoms. The lowest BCUT2D eigenvalue weighted by Gasteiger charge is -2.35. The van der Waals surface area contributed by atoms with E-state index in [0.29, 0.717) is 22.4 Å². The van der Waals surface area contributed by atoms with Crippen LogP contribution in [0.1, 0.15) is 62.1 Å². The third-order valence-electron chi connectivity index (χ3n) is 7.54. The van der Waals surface area contributed by atoms with Crippen LogP contribution in [0.2, 0.25) is 0 Å². The van der Waals surface area contributed by atoms with Crippen LogP contribution in [0.25, 0.3) is 0 Å². The van der Waals surface area contributed by atoms with Crippen molar-refractivity contribution in [2.24, 2.45) is 0 Å². The summed E-state index contributed by atoms with van der Waals surface area (Å²) in [7, 11) is -4.95. The van der Waals surface area contributed by atoms with Gasteiger partial charge >= 0.3 is 0 Å². The number of benzene rings is 2. The van der Waals surface area contributed by atoms with Crippen LogP contribution in [-0.2, 0) is 39.1 Å². The molecular formula is C30H47N3O5S2. The average molecular weight is 594 g/mol. The number of nitrogens with zero attached hydrogens (tertiary/aromatic N) is 1. The number of ether oxygens (including phenoxy) is 1. The highest BCUT2D eigenvalue weighted by Crippen LogP contribution is 2.34. The molecule has 0 heterocycles. The third kappa shape index (κ3) is 10.4. The molecule has 1 atom stereocenters. The van der Waals surface area contributed by atoms with Gasteiger partial charge in [0.1, 0.15) is 5.75 Å². The van der Waals surface area contributed by atoms with Crippen molar-refractivity contribution >= 4 is 25.5 Å². The van der Waals surface area contributed by atoms with Crippen LogP contribution in [-0.4, -0.2) is 73.6 Å². The molecule has 10 heteroatoms. The molecule has 1 unspecified atom stereocenters. The molecule has 224 valence electrons. The second kappa shape index (κ2) is 15.2. The number of unbranched alkanes of at least 4 members (excludes halogenated alkanes) is 3. The van der Waals surface area contributed by atoms with Gasteiger partial charge < -0.3 is 15.0 Å². The molecule has 2 aromatic rings. The monoisotopic (exact) mass is 593 g/mol.